The van der Waals surface area contributed by atoms with E-state index in [0.29, 0.717) is 5.92 Å². The predicted molar refractivity (Wildman–Crippen MR) is 161 cm³/mol. The summed E-state index contributed by atoms with van der Waals surface area (Å²) in [5, 5.41) is 1.37. The molecule has 4 heterocycles. The van der Waals surface area contributed by atoms with Crippen molar-refractivity contribution in [2.24, 2.45) is 7.05 Å². The van der Waals surface area contributed by atoms with Gasteiger partial charge in [-0.15, -0.1) is 0 Å². The van der Waals surface area contributed by atoms with Gasteiger partial charge in [0.25, 0.3) is 0 Å². The number of nitrogens with zero attached hydrogens (tertiary/aromatic N) is 3. The third-order valence-corrected chi connectivity index (χ3v) is 8.22. The Labute approximate surface area is 228 Å². The number of ether oxygens (including phenoxy) is 1. The van der Waals surface area contributed by atoms with E-state index in [1.165, 1.54) is 55.5 Å². The zero-order chi connectivity index (χ0) is 27.7. The van der Waals surface area contributed by atoms with E-state index >= 15 is 0 Å². The molecular formula is C34H43N3O. The minimum absolute atomic E-state index is 0.562. The van der Waals surface area contributed by atoms with E-state index in [0.717, 1.165) is 30.1 Å². The quantitative estimate of drug-likeness (QED) is 0.227. The second-order valence-corrected chi connectivity index (χ2v) is 11.0. The van der Waals surface area contributed by atoms with Crippen LogP contribution < -0.4 is 4.74 Å². The van der Waals surface area contributed by atoms with Crippen LogP contribution in [-0.4, -0.2) is 20.6 Å². The zero-order valence-corrected chi connectivity index (χ0v) is 24.9. The van der Waals surface area contributed by atoms with Crippen LogP contribution >= 0.6 is 0 Å². The molecule has 0 bridgehead atoms. The second-order valence-electron chi connectivity index (χ2n) is 11.0. The molecule has 0 aliphatic carbocycles. The summed E-state index contributed by atoms with van der Waals surface area (Å²) in [7, 11) is 2.08. The van der Waals surface area contributed by atoms with Gasteiger partial charge in [0.2, 0.25) is 0 Å². The molecule has 38 heavy (non-hydrogen) atoms. The van der Waals surface area contributed by atoms with Crippen LogP contribution in [0.2, 0.25) is 0 Å². The van der Waals surface area contributed by atoms with E-state index < -0.39 is 0 Å². The van der Waals surface area contributed by atoms with Crippen molar-refractivity contribution in [3.8, 4) is 5.75 Å². The van der Waals surface area contributed by atoms with Gasteiger partial charge >= 0.3 is 0 Å². The Morgan fingerprint density at radius 2 is 1.47 bits per heavy atom. The van der Waals surface area contributed by atoms with Crippen LogP contribution in [-0.2, 0) is 13.5 Å². The number of aromatic nitrogens is 3. The van der Waals surface area contributed by atoms with Gasteiger partial charge in [-0.25, -0.2) is 4.98 Å². The van der Waals surface area contributed by atoms with Crippen molar-refractivity contribution >= 4 is 16.6 Å². The topological polar surface area (TPSA) is 31.5 Å². The lowest BCUT2D eigenvalue weighted by Crippen LogP contribution is -1.97. The maximum atomic E-state index is 5.43. The number of hydrogen-bond acceptors (Lipinski definition) is 2. The van der Waals surface area contributed by atoms with Gasteiger partial charge in [-0.05, 0) is 112 Å². The van der Waals surface area contributed by atoms with Gasteiger partial charge in [-0.3, -0.25) is 0 Å². The Hall–Kier alpha value is -3.53. The van der Waals surface area contributed by atoms with E-state index in [1.807, 2.05) is 0 Å². The molecular weight excluding hydrogens is 466 g/mol. The molecule has 0 spiro atoms. The molecule has 200 valence electrons. The van der Waals surface area contributed by atoms with Crippen molar-refractivity contribution in [2.45, 2.75) is 74.7 Å². The van der Waals surface area contributed by atoms with E-state index in [-0.39, 0.29) is 0 Å². The maximum Gasteiger partial charge on any atom is 0.140 e. The number of benzene rings is 2. The molecule has 1 aliphatic rings. The van der Waals surface area contributed by atoms with Crippen molar-refractivity contribution < 1.29 is 4.74 Å². The molecule has 4 nitrogen and oxygen atoms in total. The summed E-state index contributed by atoms with van der Waals surface area (Å²) < 4.78 is 9.77. The zero-order valence-electron chi connectivity index (χ0n) is 24.9. The van der Waals surface area contributed by atoms with Gasteiger partial charge in [0, 0.05) is 48.0 Å². The van der Waals surface area contributed by atoms with E-state index in [9.17, 15) is 0 Å². The van der Waals surface area contributed by atoms with Crippen molar-refractivity contribution in [3.63, 3.8) is 0 Å². The lowest BCUT2D eigenvalue weighted by atomic mass is 10.00. The van der Waals surface area contributed by atoms with Crippen LogP contribution in [0.15, 0.2) is 48.8 Å². The third kappa shape index (κ3) is 5.22. The SMILES string of the molecule is Cc1ccc2c(c1C)CCO2.Cc1ccc2c(ccn2C)c1C.Cc1nc2c(C)c(C(C)C)ccn2c1C. The smallest absolute Gasteiger partial charge is 0.140 e. The Balaban J connectivity index is 0.000000134. The van der Waals surface area contributed by atoms with Gasteiger partial charge in [0.15, 0.2) is 0 Å². The highest BCUT2D eigenvalue weighted by Gasteiger charge is 2.14. The highest BCUT2D eigenvalue weighted by atomic mass is 16.5. The summed E-state index contributed by atoms with van der Waals surface area (Å²) in [5.41, 5.74) is 14.4. The van der Waals surface area contributed by atoms with Crippen LogP contribution in [0, 0.1) is 48.5 Å². The summed E-state index contributed by atoms with van der Waals surface area (Å²) in [6, 6.07) is 12.9. The predicted octanol–water partition coefficient (Wildman–Crippen LogP) is 8.42. The Kier molecular flexibility index (Phi) is 8.01. The summed E-state index contributed by atoms with van der Waals surface area (Å²) in [6.07, 6.45) is 5.33. The van der Waals surface area contributed by atoms with Crippen LogP contribution in [0.1, 0.15) is 70.1 Å². The third-order valence-electron chi connectivity index (χ3n) is 8.22. The molecule has 0 atom stereocenters. The fourth-order valence-corrected chi connectivity index (χ4v) is 5.27. The number of aryl methyl sites for hydroxylation is 7. The average molecular weight is 510 g/mol. The van der Waals surface area contributed by atoms with E-state index in [2.05, 4.69) is 132 Å². The van der Waals surface area contributed by atoms with Crippen molar-refractivity contribution in [1.82, 2.24) is 14.0 Å². The monoisotopic (exact) mass is 509 g/mol. The van der Waals surface area contributed by atoms with Gasteiger partial charge in [-0.2, -0.15) is 0 Å². The first-order valence-electron chi connectivity index (χ1n) is 13.7. The molecule has 5 aromatic rings. The largest absolute Gasteiger partial charge is 0.493 e. The first kappa shape index (κ1) is 27.5. The van der Waals surface area contributed by atoms with Crippen LogP contribution in [0.4, 0.5) is 0 Å². The minimum Gasteiger partial charge on any atom is -0.493 e. The first-order chi connectivity index (χ1) is 18.0. The Morgan fingerprint density at radius 3 is 2.18 bits per heavy atom. The molecule has 0 saturated carbocycles. The fourth-order valence-electron chi connectivity index (χ4n) is 5.27. The molecule has 0 amide bonds. The highest BCUT2D eigenvalue weighted by molar-refractivity contribution is 5.84. The van der Waals surface area contributed by atoms with Crippen molar-refractivity contribution in [1.29, 1.82) is 0 Å². The normalized spacial score (nSPS) is 12.2. The lowest BCUT2D eigenvalue weighted by Gasteiger charge is -2.10. The molecule has 0 fully saturated rings. The number of hydrogen-bond donors (Lipinski definition) is 0. The Bertz CT molecular complexity index is 1600. The second kappa shape index (κ2) is 11.1. The maximum absolute atomic E-state index is 5.43. The minimum atomic E-state index is 0.562. The summed E-state index contributed by atoms with van der Waals surface area (Å²) in [5.74, 6) is 1.65. The molecule has 0 unspecified atom stereocenters. The standard InChI is InChI=1S/C13H18N2.C11H13N.C10H12O/c1-8(2)12-6-7-15-11(5)10(4)14-13(15)9(12)3;1-8-4-5-11-10(9(8)2)6-7-12(11)3;1-7-3-4-10-9(8(7)2)5-6-11-10/h6-8H,1-5H3;4-7H,1-3H3;3-4H,5-6H2,1-2H3. The molecule has 0 saturated heterocycles. The van der Waals surface area contributed by atoms with Gasteiger partial charge < -0.3 is 13.7 Å². The summed E-state index contributed by atoms with van der Waals surface area (Å²) >= 11 is 0. The van der Waals surface area contributed by atoms with Crippen molar-refractivity contribution in [3.05, 3.63) is 99.1 Å². The molecule has 6 rings (SSSR count). The average Bonchev–Trinajstić information content (AvgIpc) is 3.59. The van der Waals surface area contributed by atoms with Gasteiger partial charge in [0.1, 0.15) is 11.4 Å². The number of pyridine rings is 1. The fraction of sp³-hybridized carbons (Fsp3) is 0.382. The first-order valence-corrected chi connectivity index (χ1v) is 13.7. The van der Waals surface area contributed by atoms with E-state index in [4.69, 9.17) is 4.74 Å². The molecule has 3 aromatic heterocycles. The van der Waals surface area contributed by atoms with Gasteiger partial charge in [-0.1, -0.05) is 26.0 Å². The van der Waals surface area contributed by atoms with Crippen LogP contribution in [0.3, 0.4) is 0 Å². The lowest BCUT2D eigenvalue weighted by molar-refractivity contribution is 0.357. The van der Waals surface area contributed by atoms with E-state index in [1.54, 1.807) is 0 Å². The summed E-state index contributed by atoms with van der Waals surface area (Å²) in [6.45, 7) is 20.3. The Morgan fingerprint density at radius 1 is 0.789 bits per heavy atom. The van der Waals surface area contributed by atoms with Crippen LogP contribution in [0.25, 0.3) is 16.6 Å². The number of imidazole rings is 1. The number of rotatable bonds is 1. The van der Waals surface area contributed by atoms with Crippen LogP contribution in [0.5, 0.6) is 5.75 Å². The molecule has 1 aliphatic heterocycles. The number of fused-ring (bicyclic) bond motifs is 3. The summed E-state index contributed by atoms with van der Waals surface area (Å²) in [4.78, 5) is 4.62. The molecule has 0 radical (unpaired) electrons. The molecule has 0 N–H and O–H groups in total. The molecule has 2 aromatic carbocycles. The highest BCUT2D eigenvalue weighted by Crippen LogP contribution is 2.29. The molecule has 4 heteroatoms. The van der Waals surface area contributed by atoms with Crippen molar-refractivity contribution in [2.75, 3.05) is 6.61 Å². The van der Waals surface area contributed by atoms with Gasteiger partial charge in [0.05, 0.1) is 12.3 Å².